The van der Waals surface area contributed by atoms with Crippen LogP contribution in [-0.2, 0) is 6.54 Å². The Morgan fingerprint density at radius 3 is 2.77 bits per heavy atom. The van der Waals surface area contributed by atoms with Gasteiger partial charge >= 0.3 is 0 Å². The number of rotatable bonds is 7. The first-order valence-electron chi connectivity index (χ1n) is 9.48. The van der Waals surface area contributed by atoms with Gasteiger partial charge in [-0.1, -0.05) is 19.1 Å². The lowest BCUT2D eigenvalue weighted by Crippen LogP contribution is -2.44. The van der Waals surface area contributed by atoms with Crippen molar-refractivity contribution < 1.29 is 4.74 Å². The molecule has 1 heterocycles. The van der Waals surface area contributed by atoms with Gasteiger partial charge in [-0.2, -0.15) is 0 Å². The van der Waals surface area contributed by atoms with E-state index in [1.165, 1.54) is 24.9 Å². The third-order valence-corrected chi connectivity index (χ3v) is 4.67. The summed E-state index contributed by atoms with van der Waals surface area (Å²) in [5.74, 6) is 1.80. The van der Waals surface area contributed by atoms with E-state index in [0.717, 1.165) is 30.4 Å². The van der Waals surface area contributed by atoms with Gasteiger partial charge in [0.2, 0.25) is 0 Å². The predicted octanol–water partition coefficient (Wildman–Crippen LogP) is 3.55. The number of halogens is 1. The largest absolute Gasteiger partial charge is 0.491 e. The molecule has 0 aromatic heterocycles. The first-order valence-corrected chi connectivity index (χ1v) is 9.48. The molecule has 1 aliphatic heterocycles. The number of hydrogen-bond donors (Lipinski definition) is 2. The van der Waals surface area contributed by atoms with Gasteiger partial charge in [-0.25, -0.2) is 0 Å². The molecule has 148 valence electrons. The average molecular weight is 474 g/mol. The number of likely N-dealkylation sites (tertiary alicyclic amines) is 1. The molecule has 1 saturated heterocycles. The number of likely N-dealkylation sites (N-methyl/N-ethyl adjacent to an activating group) is 1. The van der Waals surface area contributed by atoms with Crippen molar-refractivity contribution in [3.05, 3.63) is 29.3 Å². The van der Waals surface area contributed by atoms with E-state index in [9.17, 15) is 0 Å². The molecule has 1 unspecified atom stereocenters. The Labute approximate surface area is 176 Å². The Bertz CT molecular complexity index is 577. The van der Waals surface area contributed by atoms with Crippen LogP contribution in [0.5, 0.6) is 5.75 Å². The van der Waals surface area contributed by atoms with E-state index in [4.69, 9.17) is 4.74 Å². The van der Waals surface area contributed by atoms with E-state index < -0.39 is 0 Å². The van der Waals surface area contributed by atoms with Crippen molar-refractivity contribution in [3.63, 3.8) is 0 Å². The number of benzene rings is 1. The average Bonchev–Trinajstić information content (AvgIpc) is 3.03. The first kappa shape index (κ1) is 23.0. The van der Waals surface area contributed by atoms with Crippen LogP contribution in [0.3, 0.4) is 0 Å². The number of ether oxygens (including phenoxy) is 1. The van der Waals surface area contributed by atoms with Gasteiger partial charge in [-0.05, 0) is 58.3 Å². The van der Waals surface area contributed by atoms with Gasteiger partial charge in [0, 0.05) is 31.7 Å². The standard InChI is InChI=1S/C20H34N4O.HI/c1-6-24-11-7-8-18(24)14-23-20(21-5)22-13-17-10-9-16(4)12-19(17)25-15(2)3;/h9-10,12,15,18H,6-8,11,13-14H2,1-5H3,(H2,21,22,23);1H. The van der Waals surface area contributed by atoms with Crippen molar-refractivity contribution in [2.45, 2.75) is 59.2 Å². The second-order valence-electron chi connectivity index (χ2n) is 7.01. The van der Waals surface area contributed by atoms with Crippen LogP contribution in [0.1, 0.15) is 44.7 Å². The van der Waals surface area contributed by atoms with E-state index in [0.29, 0.717) is 12.6 Å². The maximum absolute atomic E-state index is 5.96. The Morgan fingerprint density at radius 1 is 1.35 bits per heavy atom. The molecule has 1 aromatic carbocycles. The Hall–Kier alpha value is -1.02. The molecule has 2 N–H and O–H groups in total. The first-order chi connectivity index (χ1) is 12.0. The second-order valence-corrected chi connectivity index (χ2v) is 7.01. The molecule has 0 bridgehead atoms. The molecule has 26 heavy (non-hydrogen) atoms. The van der Waals surface area contributed by atoms with Gasteiger partial charge in [0.15, 0.2) is 5.96 Å². The van der Waals surface area contributed by atoms with E-state index in [1.54, 1.807) is 0 Å². The smallest absolute Gasteiger partial charge is 0.191 e. The summed E-state index contributed by atoms with van der Waals surface area (Å²) >= 11 is 0. The van der Waals surface area contributed by atoms with Gasteiger partial charge in [0.1, 0.15) is 5.75 Å². The van der Waals surface area contributed by atoms with Crippen molar-refractivity contribution in [1.29, 1.82) is 0 Å². The van der Waals surface area contributed by atoms with Crippen LogP contribution in [0, 0.1) is 6.92 Å². The zero-order chi connectivity index (χ0) is 18.2. The number of hydrogen-bond acceptors (Lipinski definition) is 3. The Morgan fingerprint density at radius 2 is 2.12 bits per heavy atom. The molecule has 5 nitrogen and oxygen atoms in total. The highest BCUT2D eigenvalue weighted by molar-refractivity contribution is 14.0. The lowest BCUT2D eigenvalue weighted by molar-refractivity contribution is 0.239. The summed E-state index contributed by atoms with van der Waals surface area (Å²) in [7, 11) is 1.82. The van der Waals surface area contributed by atoms with Gasteiger partial charge in [-0.15, -0.1) is 24.0 Å². The topological polar surface area (TPSA) is 48.9 Å². The minimum atomic E-state index is 0. The quantitative estimate of drug-likeness (QED) is 0.361. The minimum absolute atomic E-state index is 0. The summed E-state index contributed by atoms with van der Waals surface area (Å²) < 4.78 is 5.96. The SMILES string of the molecule is CCN1CCCC1CNC(=NC)NCc1ccc(C)cc1OC(C)C.I. The van der Waals surface area contributed by atoms with Crippen LogP contribution in [0.25, 0.3) is 0 Å². The highest BCUT2D eigenvalue weighted by Gasteiger charge is 2.22. The molecule has 0 spiro atoms. The lowest BCUT2D eigenvalue weighted by Gasteiger charge is -2.24. The molecule has 6 heteroatoms. The second kappa shape index (κ2) is 11.6. The zero-order valence-electron chi connectivity index (χ0n) is 16.8. The van der Waals surface area contributed by atoms with Crippen LogP contribution in [0.4, 0.5) is 0 Å². The fourth-order valence-corrected chi connectivity index (χ4v) is 3.33. The Kier molecular flexibility index (Phi) is 10.3. The molecular formula is C20H35IN4O. The molecule has 1 aliphatic rings. The van der Waals surface area contributed by atoms with Crippen molar-refractivity contribution in [2.75, 3.05) is 26.7 Å². The van der Waals surface area contributed by atoms with Crippen LogP contribution in [-0.4, -0.2) is 49.7 Å². The van der Waals surface area contributed by atoms with E-state index in [1.807, 2.05) is 7.05 Å². The summed E-state index contributed by atoms with van der Waals surface area (Å²) in [5.41, 5.74) is 2.36. The molecule has 1 atom stereocenters. The number of aliphatic imine (C=N–C) groups is 1. The third-order valence-electron chi connectivity index (χ3n) is 4.67. The molecule has 1 fully saturated rings. The number of nitrogens with one attached hydrogen (secondary N) is 2. The maximum Gasteiger partial charge on any atom is 0.191 e. The van der Waals surface area contributed by atoms with Crippen LogP contribution >= 0.6 is 24.0 Å². The van der Waals surface area contributed by atoms with Crippen molar-refractivity contribution >= 4 is 29.9 Å². The third kappa shape index (κ3) is 6.95. The fourth-order valence-electron chi connectivity index (χ4n) is 3.33. The summed E-state index contributed by atoms with van der Waals surface area (Å²) in [6.45, 7) is 12.4. The molecule has 2 rings (SSSR count). The normalized spacial score (nSPS) is 17.9. The summed E-state index contributed by atoms with van der Waals surface area (Å²) in [4.78, 5) is 6.89. The highest BCUT2D eigenvalue weighted by Crippen LogP contribution is 2.21. The van der Waals surface area contributed by atoms with Crippen molar-refractivity contribution in [1.82, 2.24) is 15.5 Å². The van der Waals surface area contributed by atoms with Gasteiger partial charge in [0.25, 0.3) is 0 Å². The van der Waals surface area contributed by atoms with Gasteiger partial charge in [-0.3, -0.25) is 9.89 Å². The van der Waals surface area contributed by atoms with Crippen LogP contribution < -0.4 is 15.4 Å². The number of guanidine groups is 1. The fraction of sp³-hybridized carbons (Fsp3) is 0.650. The summed E-state index contributed by atoms with van der Waals surface area (Å²) in [5, 5.41) is 6.89. The highest BCUT2D eigenvalue weighted by atomic mass is 127. The molecule has 0 amide bonds. The molecule has 0 saturated carbocycles. The van der Waals surface area contributed by atoms with Crippen molar-refractivity contribution in [3.8, 4) is 5.75 Å². The van der Waals surface area contributed by atoms with Crippen molar-refractivity contribution in [2.24, 2.45) is 4.99 Å². The minimum Gasteiger partial charge on any atom is -0.491 e. The summed E-state index contributed by atoms with van der Waals surface area (Å²) in [6.07, 6.45) is 2.73. The van der Waals surface area contributed by atoms with E-state index >= 15 is 0 Å². The number of nitrogens with zero attached hydrogens (tertiary/aromatic N) is 2. The zero-order valence-corrected chi connectivity index (χ0v) is 19.2. The Balaban J connectivity index is 0.00000338. The lowest BCUT2D eigenvalue weighted by atomic mass is 10.1. The number of aryl methyl sites for hydroxylation is 1. The maximum atomic E-state index is 5.96. The molecular weight excluding hydrogens is 439 g/mol. The molecule has 0 aliphatic carbocycles. The summed E-state index contributed by atoms with van der Waals surface area (Å²) in [6, 6.07) is 6.97. The van der Waals surface area contributed by atoms with Crippen LogP contribution in [0.15, 0.2) is 23.2 Å². The van der Waals surface area contributed by atoms with E-state index in [2.05, 4.69) is 66.4 Å². The van der Waals surface area contributed by atoms with E-state index in [-0.39, 0.29) is 30.1 Å². The molecule has 1 aromatic rings. The van der Waals surface area contributed by atoms with Gasteiger partial charge < -0.3 is 15.4 Å². The van der Waals surface area contributed by atoms with Gasteiger partial charge in [0.05, 0.1) is 6.10 Å². The predicted molar refractivity (Wildman–Crippen MR) is 121 cm³/mol. The molecule has 0 radical (unpaired) electrons. The monoisotopic (exact) mass is 474 g/mol. The van der Waals surface area contributed by atoms with Crippen LogP contribution in [0.2, 0.25) is 0 Å².